The summed E-state index contributed by atoms with van der Waals surface area (Å²) in [5.41, 5.74) is 1.03. The summed E-state index contributed by atoms with van der Waals surface area (Å²) < 4.78 is 0. The molecule has 1 aliphatic heterocycles. The molecule has 3 rings (SSSR count). The van der Waals surface area contributed by atoms with Crippen molar-refractivity contribution in [3.8, 4) is 0 Å². The molecule has 0 aromatic heterocycles. The van der Waals surface area contributed by atoms with E-state index < -0.39 is 0 Å². The van der Waals surface area contributed by atoms with Crippen LogP contribution >= 0.6 is 0 Å². The van der Waals surface area contributed by atoms with Gasteiger partial charge in [-0.3, -0.25) is 24.1 Å². The highest BCUT2D eigenvalue weighted by atomic mass is 16.2. The molecule has 1 aromatic carbocycles. The highest BCUT2D eigenvalue weighted by Gasteiger charge is 2.47. The number of likely N-dealkylation sites (N-methyl/N-ethyl adjacent to an activating group) is 1. The summed E-state index contributed by atoms with van der Waals surface area (Å²) in [6, 6.07) is 9.68. The number of carbonyl (C=O) groups excluding carboxylic acids is 4. The SMILES string of the molecule is CCN(Cc1ccccc1)C(=O)CNC(=O)CCN1C(=O)C2CCCCC2C1=O. The second-order valence-corrected chi connectivity index (χ2v) is 7.75. The van der Waals surface area contributed by atoms with Crippen molar-refractivity contribution in [3.63, 3.8) is 0 Å². The van der Waals surface area contributed by atoms with Gasteiger partial charge in [-0.25, -0.2) is 0 Å². The number of amides is 4. The number of hydrogen-bond donors (Lipinski definition) is 1. The van der Waals surface area contributed by atoms with Gasteiger partial charge in [0.2, 0.25) is 23.6 Å². The van der Waals surface area contributed by atoms with E-state index in [9.17, 15) is 19.2 Å². The quantitative estimate of drug-likeness (QED) is 0.675. The number of hydrogen-bond acceptors (Lipinski definition) is 4. The van der Waals surface area contributed by atoms with Crippen molar-refractivity contribution in [2.45, 2.75) is 45.6 Å². The molecule has 7 nitrogen and oxygen atoms in total. The van der Waals surface area contributed by atoms with Crippen molar-refractivity contribution >= 4 is 23.6 Å². The molecule has 0 bridgehead atoms. The molecule has 156 valence electrons. The lowest BCUT2D eigenvalue weighted by Gasteiger charge is -2.21. The topological polar surface area (TPSA) is 86.8 Å². The van der Waals surface area contributed by atoms with Gasteiger partial charge in [-0.15, -0.1) is 0 Å². The first-order valence-corrected chi connectivity index (χ1v) is 10.4. The maximum absolute atomic E-state index is 12.4. The van der Waals surface area contributed by atoms with Crippen molar-refractivity contribution in [1.29, 1.82) is 0 Å². The van der Waals surface area contributed by atoms with Crippen molar-refractivity contribution in [2.75, 3.05) is 19.6 Å². The minimum absolute atomic E-state index is 0.0228. The van der Waals surface area contributed by atoms with Crippen LogP contribution in [0, 0.1) is 11.8 Å². The Morgan fingerprint density at radius 3 is 2.28 bits per heavy atom. The first-order valence-electron chi connectivity index (χ1n) is 10.4. The van der Waals surface area contributed by atoms with Gasteiger partial charge in [-0.05, 0) is 25.3 Å². The molecule has 2 fully saturated rings. The van der Waals surface area contributed by atoms with Crippen LogP contribution in [-0.2, 0) is 25.7 Å². The summed E-state index contributed by atoms with van der Waals surface area (Å²) in [4.78, 5) is 52.4. The van der Waals surface area contributed by atoms with Crippen molar-refractivity contribution in [3.05, 3.63) is 35.9 Å². The lowest BCUT2D eigenvalue weighted by atomic mass is 9.81. The van der Waals surface area contributed by atoms with Gasteiger partial charge in [0.1, 0.15) is 0 Å². The molecule has 2 aliphatic rings. The predicted molar refractivity (Wildman–Crippen MR) is 107 cm³/mol. The van der Waals surface area contributed by atoms with Crippen molar-refractivity contribution < 1.29 is 19.2 Å². The highest BCUT2D eigenvalue weighted by Crippen LogP contribution is 2.37. The third-order valence-corrected chi connectivity index (χ3v) is 5.88. The number of rotatable bonds is 8. The summed E-state index contributed by atoms with van der Waals surface area (Å²) in [6.45, 7) is 2.93. The van der Waals surface area contributed by atoms with E-state index in [4.69, 9.17) is 0 Å². The Morgan fingerprint density at radius 2 is 1.69 bits per heavy atom. The zero-order valence-electron chi connectivity index (χ0n) is 16.9. The minimum Gasteiger partial charge on any atom is -0.347 e. The number of benzene rings is 1. The molecular formula is C22H29N3O4. The van der Waals surface area contributed by atoms with Crippen molar-refractivity contribution in [1.82, 2.24) is 15.1 Å². The Kier molecular flexibility index (Phi) is 7.01. The van der Waals surface area contributed by atoms with Gasteiger partial charge < -0.3 is 10.2 Å². The average Bonchev–Trinajstić information content (AvgIpc) is 2.99. The second kappa shape index (κ2) is 9.67. The lowest BCUT2D eigenvalue weighted by molar-refractivity contribution is -0.140. The van der Waals surface area contributed by atoms with Gasteiger partial charge in [0.15, 0.2) is 0 Å². The fraction of sp³-hybridized carbons (Fsp3) is 0.545. The molecule has 0 spiro atoms. The van der Waals surface area contributed by atoms with Crippen LogP contribution in [0.2, 0.25) is 0 Å². The van der Waals surface area contributed by atoms with E-state index in [1.54, 1.807) is 4.90 Å². The lowest BCUT2D eigenvalue weighted by Crippen LogP contribution is -2.41. The monoisotopic (exact) mass is 399 g/mol. The number of carbonyl (C=O) groups is 4. The highest BCUT2D eigenvalue weighted by molar-refractivity contribution is 6.05. The molecule has 0 radical (unpaired) electrons. The van der Waals surface area contributed by atoms with Gasteiger partial charge >= 0.3 is 0 Å². The van der Waals surface area contributed by atoms with Gasteiger partial charge in [0, 0.05) is 26.1 Å². The van der Waals surface area contributed by atoms with E-state index in [-0.39, 0.29) is 55.0 Å². The average molecular weight is 399 g/mol. The van der Waals surface area contributed by atoms with Gasteiger partial charge in [-0.1, -0.05) is 43.2 Å². The van der Waals surface area contributed by atoms with Gasteiger partial charge in [-0.2, -0.15) is 0 Å². The fourth-order valence-electron chi connectivity index (χ4n) is 4.22. The van der Waals surface area contributed by atoms with Crippen LogP contribution in [0.15, 0.2) is 30.3 Å². The van der Waals surface area contributed by atoms with Crippen LogP contribution in [0.4, 0.5) is 0 Å². The molecule has 1 saturated heterocycles. The minimum atomic E-state index is -0.329. The maximum Gasteiger partial charge on any atom is 0.242 e. The van der Waals surface area contributed by atoms with E-state index in [0.717, 1.165) is 31.2 Å². The first kappa shape index (κ1) is 21.0. The van der Waals surface area contributed by atoms with Crippen molar-refractivity contribution in [2.24, 2.45) is 11.8 Å². The van der Waals surface area contributed by atoms with Crippen LogP contribution in [0.25, 0.3) is 0 Å². The van der Waals surface area contributed by atoms with E-state index in [2.05, 4.69) is 5.32 Å². The maximum atomic E-state index is 12.4. The summed E-state index contributed by atoms with van der Waals surface area (Å²) in [7, 11) is 0. The van der Waals surface area contributed by atoms with Crippen LogP contribution in [0.1, 0.15) is 44.6 Å². The van der Waals surface area contributed by atoms with E-state index in [1.807, 2.05) is 37.3 Å². The summed E-state index contributed by atoms with van der Waals surface area (Å²) in [6.07, 6.45) is 3.51. The number of likely N-dealkylation sites (tertiary alicyclic amines) is 1. The first-order chi connectivity index (χ1) is 14.0. The third-order valence-electron chi connectivity index (χ3n) is 5.88. The molecule has 7 heteroatoms. The summed E-state index contributed by atoms with van der Waals surface area (Å²) in [5, 5.41) is 2.62. The van der Waals surface area contributed by atoms with Gasteiger partial charge in [0.05, 0.1) is 18.4 Å². The molecule has 2 unspecified atom stereocenters. The van der Waals surface area contributed by atoms with Crippen LogP contribution in [0.5, 0.6) is 0 Å². The Bertz CT molecular complexity index is 741. The van der Waals surface area contributed by atoms with Crippen LogP contribution in [0.3, 0.4) is 0 Å². The third kappa shape index (κ3) is 5.02. The number of nitrogens with one attached hydrogen (secondary N) is 1. The molecule has 4 amide bonds. The zero-order valence-corrected chi connectivity index (χ0v) is 16.9. The van der Waals surface area contributed by atoms with E-state index >= 15 is 0 Å². The smallest absolute Gasteiger partial charge is 0.242 e. The number of nitrogens with zero attached hydrogens (tertiary/aromatic N) is 2. The van der Waals surface area contributed by atoms with Crippen LogP contribution < -0.4 is 5.32 Å². The van der Waals surface area contributed by atoms with E-state index in [0.29, 0.717) is 13.1 Å². The predicted octanol–water partition coefficient (Wildman–Crippen LogP) is 1.72. The second-order valence-electron chi connectivity index (χ2n) is 7.75. The molecule has 2 atom stereocenters. The van der Waals surface area contributed by atoms with E-state index in [1.165, 1.54) is 4.90 Å². The van der Waals surface area contributed by atoms with Crippen LogP contribution in [-0.4, -0.2) is 53.1 Å². The molecule has 29 heavy (non-hydrogen) atoms. The Labute approximate surface area is 171 Å². The Hall–Kier alpha value is -2.70. The Morgan fingerprint density at radius 1 is 1.07 bits per heavy atom. The standard InChI is InChI=1S/C22H29N3O4/c1-2-24(15-16-8-4-3-5-9-16)20(27)14-23-19(26)12-13-25-21(28)17-10-6-7-11-18(17)22(25)29/h3-5,8-9,17-18H,2,6-7,10-15H2,1H3,(H,23,26). The fourth-order valence-corrected chi connectivity index (χ4v) is 4.22. The largest absolute Gasteiger partial charge is 0.347 e. The molecule has 1 aliphatic carbocycles. The molecular weight excluding hydrogens is 370 g/mol. The molecule has 1 aromatic rings. The summed E-state index contributed by atoms with van der Waals surface area (Å²) in [5.74, 6) is -1.16. The molecule has 1 N–H and O–H groups in total. The number of fused-ring (bicyclic) bond motifs is 1. The zero-order chi connectivity index (χ0) is 20.8. The molecule has 1 heterocycles. The summed E-state index contributed by atoms with van der Waals surface area (Å²) >= 11 is 0. The normalized spacial score (nSPS) is 21.1. The van der Waals surface area contributed by atoms with Gasteiger partial charge in [0.25, 0.3) is 0 Å². The molecule has 1 saturated carbocycles. The Balaban J connectivity index is 1.44. The number of imide groups is 1.